The van der Waals surface area contributed by atoms with Gasteiger partial charge in [0.1, 0.15) is 0 Å². The Hall–Kier alpha value is -1.72. The number of hydrogen-bond donors (Lipinski definition) is 1. The van der Waals surface area contributed by atoms with Gasteiger partial charge < -0.3 is 5.73 Å². The molecular weight excluding hydrogens is 220 g/mol. The van der Waals surface area contributed by atoms with Gasteiger partial charge >= 0.3 is 0 Å². The minimum atomic E-state index is -0.0894. The molecule has 1 amide bonds. The van der Waals surface area contributed by atoms with Crippen LogP contribution in [0.5, 0.6) is 0 Å². The van der Waals surface area contributed by atoms with Gasteiger partial charge in [-0.3, -0.25) is 14.4 Å². The molecule has 5 heteroatoms. The second-order valence-corrected chi connectivity index (χ2v) is 3.78. The Morgan fingerprint density at radius 2 is 2.29 bits per heavy atom. The lowest BCUT2D eigenvalue weighted by Crippen LogP contribution is -2.22. The number of benzene rings is 1. The number of nitrogens with zero attached hydrogens (tertiary/aromatic N) is 1. The van der Waals surface area contributed by atoms with Crippen LogP contribution < -0.4 is 10.8 Å². The van der Waals surface area contributed by atoms with Crippen LogP contribution >= 0.6 is 0 Å². The monoisotopic (exact) mass is 234 g/mol. The molecule has 2 rings (SSSR count). The van der Waals surface area contributed by atoms with E-state index in [-0.39, 0.29) is 11.7 Å². The number of nitrogens with two attached hydrogens (primary N) is 1. The molecule has 0 unspecified atom stereocenters. The Morgan fingerprint density at radius 1 is 1.47 bits per heavy atom. The van der Waals surface area contributed by atoms with Gasteiger partial charge in [-0.05, 0) is 18.7 Å². The van der Waals surface area contributed by atoms with Crippen LogP contribution in [-0.4, -0.2) is 24.8 Å². The Labute approximate surface area is 99.1 Å². The molecular formula is C12H14N2O3. The van der Waals surface area contributed by atoms with Gasteiger partial charge in [0.25, 0.3) is 5.91 Å². The van der Waals surface area contributed by atoms with Crippen molar-refractivity contribution in [1.29, 1.82) is 0 Å². The third-order valence-electron chi connectivity index (χ3n) is 2.54. The standard InChI is InChI=1S/C12H14N2O3/c13-6-4-11(15)9-2-1-3-10(8-9)14-12(16)5-7-17-14/h1-3,8H,4-7,13H2. The minimum absolute atomic E-state index is 0.0269. The highest BCUT2D eigenvalue weighted by molar-refractivity contribution is 5.99. The SMILES string of the molecule is NCCC(=O)c1cccc(N2OCCC2=O)c1. The molecule has 2 N–H and O–H groups in total. The van der Waals surface area contributed by atoms with Crippen LogP contribution in [0.4, 0.5) is 5.69 Å². The third-order valence-corrected chi connectivity index (χ3v) is 2.54. The second kappa shape index (κ2) is 5.07. The van der Waals surface area contributed by atoms with Crippen molar-refractivity contribution in [2.75, 3.05) is 18.2 Å². The van der Waals surface area contributed by atoms with Crippen molar-refractivity contribution in [3.05, 3.63) is 29.8 Å². The smallest absolute Gasteiger partial charge is 0.253 e. The molecule has 0 aromatic heterocycles. The first-order valence-electron chi connectivity index (χ1n) is 5.51. The van der Waals surface area contributed by atoms with Crippen molar-refractivity contribution in [2.24, 2.45) is 5.73 Å². The quantitative estimate of drug-likeness (QED) is 0.785. The lowest BCUT2D eigenvalue weighted by molar-refractivity contribution is -0.119. The zero-order chi connectivity index (χ0) is 12.3. The van der Waals surface area contributed by atoms with Crippen molar-refractivity contribution in [2.45, 2.75) is 12.8 Å². The van der Waals surface area contributed by atoms with E-state index in [4.69, 9.17) is 10.6 Å². The molecule has 0 aliphatic carbocycles. The fraction of sp³-hybridized carbons (Fsp3) is 0.333. The van der Waals surface area contributed by atoms with Crippen LogP contribution in [0, 0.1) is 0 Å². The van der Waals surface area contributed by atoms with Crippen molar-refractivity contribution in [3.63, 3.8) is 0 Å². The summed E-state index contributed by atoms with van der Waals surface area (Å²) in [5, 5.41) is 1.24. The summed E-state index contributed by atoms with van der Waals surface area (Å²) in [4.78, 5) is 28.3. The maximum Gasteiger partial charge on any atom is 0.253 e. The molecule has 0 spiro atoms. The molecule has 1 aliphatic heterocycles. The third kappa shape index (κ3) is 2.51. The molecule has 5 nitrogen and oxygen atoms in total. The number of carbonyl (C=O) groups is 2. The van der Waals surface area contributed by atoms with Gasteiger partial charge in [0.15, 0.2) is 5.78 Å². The minimum Gasteiger partial charge on any atom is -0.330 e. The van der Waals surface area contributed by atoms with E-state index in [1.54, 1.807) is 24.3 Å². The van der Waals surface area contributed by atoms with E-state index in [2.05, 4.69) is 0 Å². The molecule has 1 saturated heterocycles. The highest BCUT2D eigenvalue weighted by Crippen LogP contribution is 2.21. The summed E-state index contributed by atoms with van der Waals surface area (Å²) in [5.41, 5.74) is 6.48. The van der Waals surface area contributed by atoms with Gasteiger partial charge in [-0.1, -0.05) is 12.1 Å². The number of ketones is 1. The van der Waals surface area contributed by atoms with Crippen LogP contribution in [0.3, 0.4) is 0 Å². The number of rotatable bonds is 4. The number of carbonyl (C=O) groups excluding carboxylic acids is 2. The largest absolute Gasteiger partial charge is 0.330 e. The predicted molar refractivity (Wildman–Crippen MR) is 62.5 cm³/mol. The summed E-state index contributed by atoms with van der Waals surface area (Å²) in [6.07, 6.45) is 0.680. The summed E-state index contributed by atoms with van der Waals surface area (Å²) < 4.78 is 0. The summed E-state index contributed by atoms with van der Waals surface area (Å²) in [6.45, 7) is 0.710. The summed E-state index contributed by atoms with van der Waals surface area (Å²) >= 11 is 0. The number of hydrogen-bond acceptors (Lipinski definition) is 4. The van der Waals surface area contributed by atoms with Crippen molar-refractivity contribution in [3.8, 4) is 0 Å². The maximum absolute atomic E-state index is 11.7. The Morgan fingerprint density at radius 3 is 2.94 bits per heavy atom. The fourth-order valence-electron chi connectivity index (χ4n) is 1.70. The highest BCUT2D eigenvalue weighted by atomic mass is 16.7. The lowest BCUT2D eigenvalue weighted by atomic mass is 10.1. The molecule has 0 saturated carbocycles. The molecule has 1 aromatic carbocycles. The molecule has 0 radical (unpaired) electrons. The average Bonchev–Trinajstić information content (AvgIpc) is 2.76. The lowest BCUT2D eigenvalue weighted by Gasteiger charge is -2.14. The highest BCUT2D eigenvalue weighted by Gasteiger charge is 2.23. The van der Waals surface area contributed by atoms with Crippen molar-refractivity contribution >= 4 is 17.4 Å². The molecule has 1 aliphatic rings. The van der Waals surface area contributed by atoms with Crippen LogP contribution in [-0.2, 0) is 9.63 Å². The number of hydroxylamine groups is 1. The van der Waals surface area contributed by atoms with Crippen LogP contribution in [0.15, 0.2) is 24.3 Å². The van der Waals surface area contributed by atoms with E-state index in [1.165, 1.54) is 5.06 Å². The Bertz CT molecular complexity index is 445. The molecule has 0 bridgehead atoms. The number of anilines is 1. The first-order chi connectivity index (χ1) is 8.22. The first kappa shape index (κ1) is 11.8. The van der Waals surface area contributed by atoms with Crippen molar-refractivity contribution < 1.29 is 14.4 Å². The van der Waals surface area contributed by atoms with E-state index in [0.717, 1.165) is 0 Å². The zero-order valence-corrected chi connectivity index (χ0v) is 9.39. The number of Topliss-reactive ketones (excluding diaryl/α,β-unsaturated/α-hetero) is 1. The van der Waals surface area contributed by atoms with Gasteiger partial charge in [-0.25, -0.2) is 0 Å². The van der Waals surface area contributed by atoms with Crippen molar-refractivity contribution in [1.82, 2.24) is 0 Å². The van der Waals surface area contributed by atoms with Crippen LogP contribution in [0.2, 0.25) is 0 Å². The molecule has 0 atom stereocenters. The summed E-state index contributed by atoms with van der Waals surface area (Å²) in [7, 11) is 0. The van der Waals surface area contributed by atoms with Gasteiger partial charge in [0, 0.05) is 12.0 Å². The number of amides is 1. The molecule has 17 heavy (non-hydrogen) atoms. The van der Waals surface area contributed by atoms with E-state index >= 15 is 0 Å². The van der Waals surface area contributed by atoms with E-state index < -0.39 is 0 Å². The fourth-order valence-corrected chi connectivity index (χ4v) is 1.70. The van der Waals surface area contributed by atoms with Gasteiger partial charge in [0.2, 0.25) is 0 Å². The van der Waals surface area contributed by atoms with Crippen LogP contribution in [0.25, 0.3) is 0 Å². The first-order valence-corrected chi connectivity index (χ1v) is 5.51. The van der Waals surface area contributed by atoms with Gasteiger partial charge in [-0.15, -0.1) is 0 Å². The Balaban J connectivity index is 2.22. The van der Waals surface area contributed by atoms with Gasteiger partial charge in [0.05, 0.1) is 18.7 Å². The topological polar surface area (TPSA) is 72.6 Å². The molecule has 1 fully saturated rings. The maximum atomic E-state index is 11.7. The molecule has 90 valence electrons. The predicted octanol–water partition coefficient (Wildman–Crippen LogP) is 0.886. The summed E-state index contributed by atoms with van der Waals surface area (Å²) in [6, 6.07) is 6.83. The average molecular weight is 234 g/mol. The molecule has 1 aromatic rings. The molecule has 1 heterocycles. The van der Waals surface area contributed by atoms with Gasteiger partial charge in [-0.2, -0.15) is 5.06 Å². The summed E-state index contributed by atoms with van der Waals surface area (Å²) in [5.74, 6) is -0.116. The normalized spacial score (nSPS) is 15.4. The van der Waals surface area contributed by atoms with Crippen LogP contribution in [0.1, 0.15) is 23.2 Å². The second-order valence-electron chi connectivity index (χ2n) is 3.78. The van der Waals surface area contributed by atoms with E-state index in [1.807, 2.05) is 0 Å². The zero-order valence-electron chi connectivity index (χ0n) is 9.39. The Kier molecular flexibility index (Phi) is 3.51. The van der Waals surface area contributed by atoms with E-state index in [0.29, 0.717) is 37.2 Å². The van der Waals surface area contributed by atoms with E-state index in [9.17, 15) is 9.59 Å².